The Morgan fingerprint density at radius 2 is 2.06 bits per heavy atom. The van der Waals surface area contributed by atoms with Gasteiger partial charge in [-0.15, -0.1) is 0 Å². The van der Waals surface area contributed by atoms with Crippen LogP contribution in [0.3, 0.4) is 0 Å². The highest BCUT2D eigenvalue weighted by Gasteiger charge is 2.15. The lowest BCUT2D eigenvalue weighted by atomic mass is 10.1. The number of carbonyl (C=O) groups is 1. The third-order valence-corrected chi connectivity index (χ3v) is 2.54. The highest BCUT2D eigenvalue weighted by atomic mass is 16.5. The Labute approximate surface area is 102 Å². The van der Waals surface area contributed by atoms with Gasteiger partial charge in [0.05, 0.1) is 12.1 Å². The summed E-state index contributed by atoms with van der Waals surface area (Å²) in [6.07, 6.45) is -0.413. The lowest BCUT2D eigenvalue weighted by Gasteiger charge is -2.19. The summed E-state index contributed by atoms with van der Waals surface area (Å²) in [7, 11) is 0. The molecule has 0 saturated carbocycles. The van der Waals surface area contributed by atoms with Crippen LogP contribution in [0.2, 0.25) is 0 Å². The Hall–Kier alpha value is -1.55. The van der Waals surface area contributed by atoms with E-state index < -0.39 is 12.2 Å². The average molecular weight is 237 g/mol. The molecule has 94 valence electrons. The molecule has 1 aromatic carbocycles. The molecule has 17 heavy (non-hydrogen) atoms. The summed E-state index contributed by atoms with van der Waals surface area (Å²) < 4.78 is 5.05. The molecule has 0 heterocycles. The van der Waals surface area contributed by atoms with Crippen molar-refractivity contribution in [3.8, 4) is 0 Å². The van der Waals surface area contributed by atoms with Crippen molar-refractivity contribution in [2.24, 2.45) is 0 Å². The van der Waals surface area contributed by atoms with Crippen LogP contribution in [-0.2, 0) is 11.3 Å². The number of aliphatic hydroxyl groups is 1. The number of hydrogen-bond acceptors (Lipinski definition) is 3. The minimum Gasteiger partial charge on any atom is -0.445 e. The van der Waals surface area contributed by atoms with Crippen LogP contribution >= 0.6 is 0 Å². The first-order valence-corrected chi connectivity index (χ1v) is 5.78. The summed E-state index contributed by atoms with van der Waals surface area (Å²) in [5, 5.41) is 12.0. The number of benzene rings is 1. The van der Waals surface area contributed by atoms with E-state index in [2.05, 4.69) is 5.32 Å². The normalized spacial score (nSPS) is 13.8. The van der Waals surface area contributed by atoms with E-state index >= 15 is 0 Å². The Morgan fingerprint density at radius 1 is 1.41 bits per heavy atom. The summed E-state index contributed by atoms with van der Waals surface area (Å²) in [6.45, 7) is 3.78. The van der Waals surface area contributed by atoms with Crippen molar-refractivity contribution in [2.45, 2.75) is 39.0 Å². The summed E-state index contributed by atoms with van der Waals surface area (Å²) in [6, 6.07) is 9.20. The van der Waals surface area contributed by atoms with Gasteiger partial charge >= 0.3 is 6.09 Å². The van der Waals surface area contributed by atoms with Gasteiger partial charge in [-0.05, 0) is 18.9 Å². The fourth-order valence-electron chi connectivity index (χ4n) is 1.48. The lowest BCUT2D eigenvalue weighted by Crippen LogP contribution is -2.41. The molecule has 2 N–H and O–H groups in total. The zero-order valence-corrected chi connectivity index (χ0v) is 10.2. The second-order valence-electron chi connectivity index (χ2n) is 3.96. The van der Waals surface area contributed by atoms with E-state index in [1.165, 1.54) is 0 Å². The van der Waals surface area contributed by atoms with Crippen LogP contribution < -0.4 is 5.32 Å². The third-order valence-electron chi connectivity index (χ3n) is 2.54. The molecule has 0 aliphatic carbocycles. The smallest absolute Gasteiger partial charge is 0.407 e. The van der Waals surface area contributed by atoms with Gasteiger partial charge in [0.2, 0.25) is 0 Å². The zero-order chi connectivity index (χ0) is 12.7. The molecule has 0 fully saturated rings. The van der Waals surface area contributed by atoms with Crippen molar-refractivity contribution in [1.82, 2.24) is 5.32 Å². The van der Waals surface area contributed by atoms with E-state index in [0.29, 0.717) is 6.42 Å². The number of nitrogens with one attached hydrogen (secondary N) is 1. The van der Waals surface area contributed by atoms with Crippen molar-refractivity contribution >= 4 is 6.09 Å². The van der Waals surface area contributed by atoms with Gasteiger partial charge in [0.1, 0.15) is 6.61 Å². The van der Waals surface area contributed by atoms with E-state index in [0.717, 1.165) is 5.56 Å². The zero-order valence-electron chi connectivity index (χ0n) is 10.2. The van der Waals surface area contributed by atoms with Crippen LogP contribution in [0.4, 0.5) is 4.79 Å². The maximum atomic E-state index is 11.4. The Kier molecular flexibility index (Phi) is 5.49. The van der Waals surface area contributed by atoms with E-state index in [4.69, 9.17) is 4.74 Å². The molecule has 1 aromatic rings. The second-order valence-corrected chi connectivity index (χ2v) is 3.96. The highest BCUT2D eigenvalue weighted by molar-refractivity contribution is 5.67. The number of ether oxygens (including phenoxy) is 1. The summed E-state index contributed by atoms with van der Waals surface area (Å²) >= 11 is 0. The number of carbonyl (C=O) groups excluding carboxylic acids is 1. The minimum absolute atomic E-state index is 0.239. The molecule has 0 aliphatic heterocycles. The molecular formula is C13H19NO3. The second kappa shape index (κ2) is 6.91. The van der Waals surface area contributed by atoms with Crippen LogP contribution in [0.1, 0.15) is 25.8 Å². The molecule has 0 aromatic heterocycles. The van der Waals surface area contributed by atoms with Crippen molar-refractivity contribution in [3.63, 3.8) is 0 Å². The van der Waals surface area contributed by atoms with Gasteiger partial charge < -0.3 is 15.2 Å². The fourth-order valence-corrected chi connectivity index (χ4v) is 1.48. The first kappa shape index (κ1) is 13.5. The third kappa shape index (κ3) is 4.87. The van der Waals surface area contributed by atoms with Gasteiger partial charge in [0.25, 0.3) is 0 Å². The number of rotatable bonds is 5. The molecular weight excluding hydrogens is 218 g/mol. The molecule has 0 unspecified atom stereocenters. The highest BCUT2D eigenvalue weighted by Crippen LogP contribution is 2.02. The number of alkyl carbamates (subject to hydrolysis) is 1. The molecule has 0 bridgehead atoms. The van der Waals surface area contributed by atoms with Gasteiger partial charge in [0, 0.05) is 0 Å². The molecule has 4 heteroatoms. The number of hydrogen-bond donors (Lipinski definition) is 2. The SMILES string of the molecule is CC[C@H](NC(=O)OCc1ccccc1)[C@H](C)O. The lowest BCUT2D eigenvalue weighted by molar-refractivity contribution is 0.108. The topological polar surface area (TPSA) is 58.6 Å². The molecule has 4 nitrogen and oxygen atoms in total. The van der Waals surface area contributed by atoms with E-state index in [9.17, 15) is 9.90 Å². The molecule has 0 aliphatic rings. The summed E-state index contributed by atoms with van der Waals surface area (Å²) in [5.74, 6) is 0. The Bertz CT molecular complexity index is 338. The number of aliphatic hydroxyl groups excluding tert-OH is 1. The maximum absolute atomic E-state index is 11.4. The van der Waals surface area contributed by atoms with Gasteiger partial charge in [-0.2, -0.15) is 0 Å². The van der Waals surface area contributed by atoms with Crippen molar-refractivity contribution < 1.29 is 14.6 Å². The predicted octanol–water partition coefficient (Wildman–Crippen LogP) is 2.07. The summed E-state index contributed by atoms with van der Waals surface area (Å²) in [5.41, 5.74) is 0.938. The van der Waals surface area contributed by atoms with Crippen LogP contribution in [0.5, 0.6) is 0 Å². The molecule has 0 radical (unpaired) electrons. The van der Waals surface area contributed by atoms with E-state index in [1.54, 1.807) is 6.92 Å². The van der Waals surface area contributed by atoms with Gasteiger partial charge in [-0.25, -0.2) is 4.79 Å². The Morgan fingerprint density at radius 3 is 2.59 bits per heavy atom. The van der Waals surface area contributed by atoms with Crippen LogP contribution in [-0.4, -0.2) is 23.3 Å². The maximum Gasteiger partial charge on any atom is 0.407 e. The monoisotopic (exact) mass is 237 g/mol. The van der Waals surface area contributed by atoms with Crippen molar-refractivity contribution in [3.05, 3.63) is 35.9 Å². The number of amides is 1. The molecule has 0 spiro atoms. The van der Waals surface area contributed by atoms with Crippen LogP contribution in [0, 0.1) is 0 Å². The Balaban J connectivity index is 2.35. The van der Waals surface area contributed by atoms with E-state index in [1.807, 2.05) is 37.3 Å². The quantitative estimate of drug-likeness (QED) is 0.824. The summed E-state index contributed by atoms with van der Waals surface area (Å²) in [4.78, 5) is 11.4. The van der Waals surface area contributed by atoms with Crippen LogP contribution in [0.15, 0.2) is 30.3 Å². The predicted molar refractivity (Wildman–Crippen MR) is 65.5 cm³/mol. The van der Waals surface area contributed by atoms with Gasteiger partial charge in [-0.1, -0.05) is 37.3 Å². The van der Waals surface area contributed by atoms with E-state index in [-0.39, 0.29) is 12.6 Å². The van der Waals surface area contributed by atoms with Gasteiger partial charge in [-0.3, -0.25) is 0 Å². The van der Waals surface area contributed by atoms with Crippen LogP contribution in [0.25, 0.3) is 0 Å². The molecule has 0 saturated heterocycles. The first-order chi connectivity index (χ1) is 8.13. The van der Waals surface area contributed by atoms with Crippen molar-refractivity contribution in [2.75, 3.05) is 0 Å². The fraction of sp³-hybridized carbons (Fsp3) is 0.462. The molecule has 1 rings (SSSR count). The minimum atomic E-state index is -0.579. The standard InChI is InChI=1S/C13H19NO3/c1-3-12(10(2)15)14-13(16)17-9-11-7-5-4-6-8-11/h4-8,10,12,15H,3,9H2,1-2H3,(H,14,16)/t10-,12-/m0/s1. The average Bonchev–Trinajstić information content (AvgIpc) is 2.34. The molecule has 2 atom stereocenters. The van der Waals surface area contributed by atoms with Crippen molar-refractivity contribution in [1.29, 1.82) is 0 Å². The first-order valence-electron chi connectivity index (χ1n) is 5.78. The molecule has 1 amide bonds. The largest absolute Gasteiger partial charge is 0.445 e. The van der Waals surface area contributed by atoms with Gasteiger partial charge in [0.15, 0.2) is 0 Å².